The molecule has 0 radical (unpaired) electrons. The van der Waals surface area contributed by atoms with Gasteiger partial charge in [0.25, 0.3) is 0 Å². The van der Waals surface area contributed by atoms with Gasteiger partial charge >= 0.3 is 5.97 Å². The van der Waals surface area contributed by atoms with Gasteiger partial charge in [-0.2, -0.15) is 0 Å². The maximum absolute atomic E-state index is 13.1. The van der Waals surface area contributed by atoms with E-state index in [9.17, 15) is 13.6 Å². The minimum absolute atomic E-state index is 0.0566. The fraction of sp³-hybridized carbons (Fsp3) is 0.222. The maximum atomic E-state index is 13.1. The van der Waals surface area contributed by atoms with Gasteiger partial charge in [-0.05, 0) is 37.4 Å². The van der Waals surface area contributed by atoms with Crippen LogP contribution in [0.3, 0.4) is 0 Å². The summed E-state index contributed by atoms with van der Waals surface area (Å²) in [7, 11) is 1.21. The lowest BCUT2D eigenvalue weighted by molar-refractivity contribution is -0.139. The zero-order valence-corrected chi connectivity index (χ0v) is 10.8. The quantitative estimate of drug-likeness (QED) is 0.609. The summed E-state index contributed by atoms with van der Waals surface area (Å²) in [5, 5.41) is 0. The predicted octanol–water partition coefficient (Wildman–Crippen LogP) is 3.21. The van der Waals surface area contributed by atoms with Crippen LogP contribution in [-0.4, -0.2) is 13.1 Å². The lowest BCUT2D eigenvalue weighted by Crippen LogP contribution is -2.07. The highest BCUT2D eigenvalue weighted by atomic mass is 79.9. The summed E-state index contributed by atoms with van der Waals surface area (Å²) in [5.74, 6) is -2.08. The summed E-state index contributed by atoms with van der Waals surface area (Å²) in [5.41, 5.74) is 0.194. The van der Waals surface area contributed by atoms with Crippen LogP contribution in [-0.2, 0) is 16.0 Å². The number of halogens is 4. The van der Waals surface area contributed by atoms with Crippen molar-refractivity contribution in [3.8, 4) is 0 Å². The van der Waals surface area contributed by atoms with E-state index in [-0.39, 0.29) is 20.9 Å². The van der Waals surface area contributed by atoms with Crippen molar-refractivity contribution in [1.82, 2.24) is 0 Å². The second-order valence-corrected chi connectivity index (χ2v) is 4.29. The largest absolute Gasteiger partial charge is 0.469 e. The molecule has 0 fully saturated rings. The molecule has 2 nitrogen and oxygen atoms in total. The number of benzene rings is 1. The molecule has 0 heterocycles. The summed E-state index contributed by atoms with van der Waals surface area (Å²) in [4.78, 5) is 11.0. The van der Waals surface area contributed by atoms with Gasteiger partial charge in [0.2, 0.25) is 0 Å². The van der Waals surface area contributed by atoms with Crippen molar-refractivity contribution in [3.63, 3.8) is 0 Å². The summed E-state index contributed by atoms with van der Waals surface area (Å²) >= 11 is 5.89. The van der Waals surface area contributed by atoms with Crippen molar-refractivity contribution in [3.05, 3.63) is 32.2 Å². The molecule has 0 N–H and O–H groups in total. The summed E-state index contributed by atoms with van der Waals surface area (Å²) < 4.78 is 30.8. The highest BCUT2D eigenvalue weighted by molar-refractivity contribution is 9.11. The summed E-state index contributed by atoms with van der Waals surface area (Å²) in [6.45, 7) is 0. The van der Waals surface area contributed by atoms with Crippen LogP contribution in [0.2, 0.25) is 0 Å². The van der Waals surface area contributed by atoms with Crippen LogP contribution >= 0.6 is 31.9 Å². The predicted molar refractivity (Wildman–Crippen MR) is 57.5 cm³/mol. The molecule has 0 saturated heterocycles. The van der Waals surface area contributed by atoms with Crippen LogP contribution in [0.1, 0.15) is 5.56 Å². The zero-order valence-electron chi connectivity index (χ0n) is 7.61. The van der Waals surface area contributed by atoms with E-state index in [1.807, 2.05) is 0 Å². The van der Waals surface area contributed by atoms with E-state index in [2.05, 4.69) is 36.6 Å². The molecule has 1 rings (SSSR count). The van der Waals surface area contributed by atoms with Crippen molar-refractivity contribution in [2.75, 3.05) is 7.11 Å². The zero-order chi connectivity index (χ0) is 11.6. The third kappa shape index (κ3) is 2.75. The molecule has 0 bridgehead atoms. The van der Waals surface area contributed by atoms with E-state index < -0.39 is 17.6 Å². The summed E-state index contributed by atoms with van der Waals surface area (Å²) in [6.07, 6.45) is -0.202. The maximum Gasteiger partial charge on any atom is 0.310 e. The van der Waals surface area contributed by atoms with E-state index in [1.165, 1.54) is 7.11 Å². The van der Waals surface area contributed by atoms with E-state index in [1.54, 1.807) is 0 Å². The number of hydrogen-bond acceptors (Lipinski definition) is 2. The molecule has 0 unspecified atom stereocenters. The highest BCUT2D eigenvalue weighted by Crippen LogP contribution is 2.31. The van der Waals surface area contributed by atoms with Crippen molar-refractivity contribution in [2.24, 2.45) is 0 Å². The molecule has 0 aliphatic carbocycles. The molecule has 1 aromatic carbocycles. The molecule has 0 saturated carbocycles. The molecule has 0 aromatic heterocycles. The molecule has 15 heavy (non-hydrogen) atoms. The molecular weight excluding hydrogens is 338 g/mol. The van der Waals surface area contributed by atoms with Crippen LogP contribution in [0.4, 0.5) is 8.78 Å². The topological polar surface area (TPSA) is 26.3 Å². The minimum atomic E-state index is -0.755. The van der Waals surface area contributed by atoms with Crippen LogP contribution < -0.4 is 0 Å². The monoisotopic (exact) mass is 342 g/mol. The number of rotatable bonds is 2. The van der Waals surface area contributed by atoms with E-state index in [0.717, 1.165) is 6.07 Å². The second kappa shape index (κ2) is 5.03. The normalized spacial score (nSPS) is 10.2. The fourth-order valence-corrected chi connectivity index (χ4v) is 2.17. The Balaban J connectivity index is 3.21. The van der Waals surface area contributed by atoms with Gasteiger partial charge in [0, 0.05) is 6.07 Å². The van der Waals surface area contributed by atoms with E-state index in [4.69, 9.17) is 0 Å². The van der Waals surface area contributed by atoms with E-state index >= 15 is 0 Å². The minimum Gasteiger partial charge on any atom is -0.469 e. The van der Waals surface area contributed by atoms with Gasteiger partial charge in [-0.25, -0.2) is 8.78 Å². The molecule has 0 atom stereocenters. The van der Waals surface area contributed by atoms with Crippen LogP contribution in [0, 0.1) is 11.6 Å². The van der Waals surface area contributed by atoms with Crippen molar-refractivity contribution in [2.45, 2.75) is 6.42 Å². The van der Waals surface area contributed by atoms with Gasteiger partial charge in [-0.3, -0.25) is 4.79 Å². The van der Waals surface area contributed by atoms with Gasteiger partial charge in [-0.15, -0.1) is 0 Å². The molecular formula is C9H6Br2F2O2. The van der Waals surface area contributed by atoms with Crippen LogP contribution in [0.5, 0.6) is 0 Å². The third-order valence-electron chi connectivity index (χ3n) is 1.75. The lowest BCUT2D eigenvalue weighted by Gasteiger charge is -2.08. The molecule has 1 aromatic rings. The van der Waals surface area contributed by atoms with Gasteiger partial charge in [0.05, 0.1) is 22.5 Å². The Morgan fingerprint density at radius 3 is 2.20 bits per heavy atom. The standard InChI is InChI=1S/C9H6Br2F2O2/c1-15-7(14)2-4-8(10)5(12)3-6(13)9(4)11/h3H,2H2,1H3. The second-order valence-electron chi connectivity index (χ2n) is 2.70. The van der Waals surface area contributed by atoms with Gasteiger partial charge in [0.15, 0.2) is 0 Å². The average molecular weight is 344 g/mol. The molecule has 0 aliphatic heterocycles. The first-order valence-electron chi connectivity index (χ1n) is 3.86. The smallest absolute Gasteiger partial charge is 0.310 e. The molecule has 6 heteroatoms. The first-order valence-corrected chi connectivity index (χ1v) is 5.44. The fourth-order valence-electron chi connectivity index (χ4n) is 0.994. The Bertz CT molecular complexity index is 381. The van der Waals surface area contributed by atoms with Gasteiger partial charge in [-0.1, -0.05) is 0 Å². The Morgan fingerprint density at radius 1 is 1.33 bits per heavy atom. The Hall–Kier alpha value is -0.490. The Kier molecular flexibility index (Phi) is 4.21. The number of ether oxygens (including phenoxy) is 1. The first-order chi connectivity index (χ1) is 6.97. The number of esters is 1. The van der Waals surface area contributed by atoms with E-state index in [0.29, 0.717) is 0 Å². The third-order valence-corrected chi connectivity index (χ3v) is 3.47. The van der Waals surface area contributed by atoms with Crippen molar-refractivity contribution in [1.29, 1.82) is 0 Å². The average Bonchev–Trinajstić information content (AvgIpc) is 2.21. The number of methoxy groups -OCH3 is 1. The molecule has 82 valence electrons. The number of carbonyl (C=O) groups is 1. The Labute approximate surface area is 102 Å². The number of hydrogen-bond donors (Lipinski definition) is 0. The number of carbonyl (C=O) groups excluding carboxylic acids is 1. The Morgan fingerprint density at radius 2 is 1.80 bits per heavy atom. The molecule has 0 spiro atoms. The first kappa shape index (κ1) is 12.6. The van der Waals surface area contributed by atoms with Gasteiger partial charge in [0.1, 0.15) is 11.6 Å². The van der Waals surface area contributed by atoms with Gasteiger partial charge < -0.3 is 4.74 Å². The SMILES string of the molecule is COC(=O)Cc1c(Br)c(F)cc(F)c1Br. The molecule has 0 amide bonds. The summed E-state index contributed by atoms with van der Waals surface area (Å²) in [6, 6.07) is 0.731. The highest BCUT2D eigenvalue weighted by Gasteiger charge is 2.17. The van der Waals surface area contributed by atoms with Crippen LogP contribution in [0.15, 0.2) is 15.0 Å². The molecule has 0 aliphatic rings. The van der Waals surface area contributed by atoms with Crippen LogP contribution in [0.25, 0.3) is 0 Å². The van der Waals surface area contributed by atoms with Crippen molar-refractivity contribution < 1.29 is 18.3 Å². The lowest BCUT2D eigenvalue weighted by atomic mass is 10.1. The van der Waals surface area contributed by atoms with Crippen molar-refractivity contribution >= 4 is 37.8 Å².